The van der Waals surface area contributed by atoms with Crippen LogP contribution < -0.4 is 10.1 Å². The number of nitrogens with zero attached hydrogens (tertiary/aromatic N) is 4. The third-order valence-electron chi connectivity index (χ3n) is 7.82. The highest BCUT2D eigenvalue weighted by molar-refractivity contribution is 5.95. The van der Waals surface area contributed by atoms with Crippen molar-refractivity contribution in [2.24, 2.45) is 0 Å². The highest BCUT2D eigenvalue weighted by Gasteiger charge is 2.35. The summed E-state index contributed by atoms with van der Waals surface area (Å²) in [5.41, 5.74) is 4.68. The number of aliphatic hydroxyl groups excluding tert-OH is 1. The number of carbonyl (C=O) groups excluding carboxylic acids is 1. The van der Waals surface area contributed by atoms with Crippen molar-refractivity contribution in [2.75, 3.05) is 39.2 Å². The first-order chi connectivity index (χ1) is 18.4. The van der Waals surface area contributed by atoms with E-state index in [1.807, 2.05) is 23.2 Å². The number of ether oxygens (including phenoxy) is 2. The van der Waals surface area contributed by atoms with E-state index in [0.29, 0.717) is 29.5 Å². The molecule has 3 heterocycles. The molecule has 0 spiro atoms. The number of methoxy groups -OCH3 is 2. The van der Waals surface area contributed by atoms with Gasteiger partial charge in [-0.3, -0.25) is 9.78 Å². The zero-order valence-electron chi connectivity index (χ0n) is 22.2. The Kier molecular flexibility index (Phi) is 7.58. The van der Waals surface area contributed by atoms with Crippen LogP contribution in [0.4, 0.5) is 11.6 Å². The van der Waals surface area contributed by atoms with Crippen molar-refractivity contribution in [2.45, 2.75) is 50.5 Å². The van der Waals surface area contributed by atoms with Crippen molar-refractivity contribution in [1.82, 2.24) is 19.9 Å². The molecule has 9 heteroatoms. The van der Waals surface area contributed by atoms with Gasteiger partial charge in [0.05, 0.1) is 31.2 Å². The van der Waals surface area contributed by atoms with Gasteiger partial charge in [0.2, 0.25) is 5.95 Å². The molecule has 200 valence electrons. The molecule has 2 atom stereocenters. The molecule has 1 aliphatic heterocycles. The van der Waals surface area contributed by atoms with E-state index < -0.39 is 0 Å². The van der Waals surface area contributed by atoms with Crippen LogP contribution in [0, 0.1) is 0 Å². The number of hydrogen-bond donors (Lipinski definition) is 2. The number of fused-ring (bicyclic) bond motifs is 1. The third-order valence-corrected chi connectivity index (χ3v) is 7.82. The van der Waals surface area contributed by atoms with E-state index in [9.17, 15) is 9.90 Å². The Bertz CT molecular complexity index is 1320. The number of rotatable bonds is 7. The normalized spacial score (nSPS) is 21.1. The van der Waals surface area contributed by atoms with Crippen molar-refractivity contribution in [1.29, 1.82) is 0 Å². The molecule has 1 saturated heterocycles. The number of carbonyl (C=O) groups is 1. The Morgan fingerprint density at radius 2 is 2.05 bits per heavy atom. The van der Waals surface area contributed by atoms with Gasteiger partial charge < -0.3 is 24.8 Å². The first-order valence-corrected chi connectivity index (χ1v) is 13.1. The zero-order valence-corrected chi connectivity index (χ0v) is 22.2. The average Bonchev–Trinajstić information content (AvgIpc) is 3.12. The van der Waals surface area contributed by atoms with Gasteiger partial charge in [0, 0.05) is 54.8 Å². The van der Waals surface area contributed by atoms with Crippen LogP contribution in [0.5, 0.6) is 5.75 Å². The van der Waals surface area contributed by atoms with Gasteiger partial charge in [0.1, 0.15) is 5.75 Å². The highest BCUT2D eigenvalue weighted by atomic mass is 16.5. The van der Waals surface area contributed by atoms with Gasteiger partial charge in [-0.1, -0.05) is 6.92 Å². The Hall–Kier alpha value is -3.56. The molecule has 1 fully saturated rings. The lowest BCUT2D eigenvalue weighted by Gasteiger charge is -2.22. The van der Waals surface area contributed by atoms with E-state index in [2.05, 4.69) is 28.3 Å². The summed E-state index contributed by atoms with van der Waals surface area (Å²) in [4.78, 5) is 28.8. The topological polar surface area (TPSA) is 110 Å². The van der Waals surface area contributed by atoms with Crippen molar-refractivity contribution in [3.05, 3.63) is 59.5 Å². The van der Waals surface area contributed by atoms with Gasteiger partial charge in [-0.15, -0.1) is 0 Å². The Morgan fingerprint density at radius 3 is 2.84 bits per heavy atom. The molecule has 2 aromatic heterocycles. The molecule has 1 aliphatic carbocycles. The van der Waals surface area contributed by atoms with Gasteiger partial charge >= 0.3 is 0 Å². The monoisotopic (exact) mass is 517 g/mol. The maximum absolute atomic E-state index is 13.2. The van der Waals surface area contributed by atoms with Crippen LogP contribution >= 0.6 is 0 Å². The van der Waals surface area contributed by atoms with Crippen LogP contribution in [0.15, 0.2) is 42.7 Å². The summed E-state index contributed by atoms with van der Waals surface area (Å²) < 4.78 is 11.1. The number of amides is 1. The fourth-order valence-corrected chi connectivity index (χ4v) is 5.36. The first-order valence-electron chi connectivity index (χ1n) is 13.1. The Labute approximate surface area is 223 Å². The van der Waals surface area contributed by atoms with Crippen molar-refractivity contribution >= 4 is 17.5 Å². The summed E-state index contributed by atoms with van der Waals surface area (Å²) in [6, 6.07) is 9.30. The van der Waals surface area contributed by atoms with E-state index in [0.717, 1.165) is 61.2 Å². The van der Waals surface area contributed by atoms with Crippen molar-refractivity contribution in [3.8, 4) is 17.0 Å². The number of benzene rings is 1. The second-order valence-electron chi connectivity index (χ2n) is 10.3. The fourth-order valence-electron chi connectivity index (χ4n) is 5.36. The molecule has 1 aromatic carbocycles. The van der Waals surface area contributed by atoms with E-state index >= 15 is 0 Å². The van der Waals surface area contributed by atoms with Crippen LogP contribution in [0.1, 0.15) is 54.2 Å². The molecule has 0 saturated carbocycles. The molecule has 5 rings (SSSR count). The molecule has 9 nitrogen and oxygen atoms in total. The molecule has 0 radical (unpaired) electrons. The summed E-state index contributed by atoms with van der Waals surface area (Å²) in [5, 5.41) is 13.2. The predicted octanol–water partition coefficient (Wildman–Crippen LogP) is 4.13. The minimum absolute atomic E-state index is 0.0103. The number of nitrogens with one attached hydrogen (secondary N) is 1. The number of likely N-dealkylation sites (tertiary alicyclic amines) is 1. The molecular formula is C29H35N5O4. The molecule has 2 N–H and O–H groups in total. The lowest BCUT2D eigenvalue weighted by Crippen LogP contribution is -2.32. The summed E-state index contributed by atoms with van der Waals surface area (Å²) in [7, 11) is 3.31. The number of aryl methyl sites for hydroxylation is 1. The quantitative estimate of drug-likeness (QED) is 0.482. The largest absolute Gasteiger partial charge is 0.495 e. The number of aliphatic hydroxyl groups is 1. The van der Waals surface area contributed by atoms with E-state index in [-0.39, 0.29) is 24.0 Å². The molecule has 3 aromatic rings. The molecule has 2 aliphatic rings. The van der Waals surface area contributed by atoms with E-state index in [4.69, 9.17) is 14.5 Å². The smallest absolute Gasteiger partial charge is 0.253 e. The summed E-state index contributed by atoms with van der Waals surface area (Å²) in [6.07, 6.45) is 8.21. The minimum Gasteiger partial charge on any atom is -0.495 e. The Morgan fingerprint density at radius 1 is 1.18 bits per heavy atom. The fraction of sp³-hybridized carbons (Fsp3) is 0.448. The van der Waals surface area contributed by atoms with Crippen LogP contribution in [0.25, 0.3) is 11.3 Å². The molecule has 1 amide bonds. The maximum Gasteiger partial charge on any atom is 0.253 e. The lowest BCUT2D eigenvalue weighted by atomic mass is 9.85. The van der Waals surface area contributed by atoms with Gasteiger partial charge in [-0.05, 0) is 68.0 Å². The van der Waals surface area contributed by atoms with Crippen LogP contribution in [0.3, 0.4) is 0 Å². The molecular weight excluding hydrogens is 482 g/mol. The van der Waals surface area contributed by atoms with E-state index in [1.54, 1.807) is 32.5 Å². The van der Waals surface area contributed by atoms with Crippen molar-refractivity contribution < 1.29 is 19.4 Å². The average molecular weight is 518 g/mol. The SMILES string of the molecule is COc1cc(C(=O)N2CCCC(OC)CC2)ccc1Nc1nccc(-c2cnc3c(c2)C(C)(CO)CC3)n1. The van der Waals surface area contributed by atoms with Gasteiger partial charge in [-0.25, -0.2) is 9.97 Å². The third kappa shape index (κ3) is 5.21. The standard InChI is InChI=1S/C29H35N5O4/c1-29(18-35)11-8-24-22(29)15-20(17-31-24)23-9-12-30-28(32-23)33-25-7-6-19(16-26(25)38-3)27(36)34-13-4-5-21(37-2)10-14-34/h6-7,9,12,15-17,21,35H,4-5,8,10-11,13-14,18H2,1-3H3,(H,30,32,33). The number of anilines is 2. The maximum atomic E-state index is 13.2. The lowest BCUT2D eigenvalue weighted by molar-refractivity contribution is 0.0723. The molecule has 38 heavy (non-hydrogen) atoms. The summed E-state index contributed by atoms with van der Waals surface area (Å²) >= 11 is 0. The highest BCUT2D eigenvalue weighted by Crippen LogP contribution is 2.39. The number of hydrogen-bond acceptors (Lipinski definition) is 8. The predicted molar refractivity (Wildman–Crippen MR) is 145 cm³/mol. The van der Waals surface area contributed by atoms with Gasteiger partial charge in [-0.2, -0.15) is 0 Å². The Balaban J connectivity index is 1.34. The van der Waals surface area contributed by atoms with Crippen LogP contribution in [-0.4, -0.2) is 70.9 Å². The summed E-state index contributed by atoms with van der Waals surface area (Å²) in [5.74, 6) is 0.930. The molecule has 2 unspecified atom stereocenters. The zero-order chi connectivity index (χ0) is 26.7. The van der Waals surface area contributed by atoms with Gasteiger partial charge in [0.15, 0.2) is 0 Å². The second kappa shape index (κ2) is 11.0. The van der Waals surface area contributed by atoms with Gasteiger partial charge in [0.25, 0.3) is 5.91 Å². The van der Waals surface area contributed by atoms with E-state index in [1.165, 1.54) is 0 Å². The first kappa shape index (κ1) is 26.1. The molecule has 0 bridgehead atoms. The van der Waals surface area contributed by atoms with Crippen LogP contribution in [0.2, 0.25) is 0 Å². The van der Waals surface area contributed by atoms with Crippen LogP contribution in [-0.2, 0) is 16.6 Å². The number of aromatic nitrogens is 3. The number of pyridine rings is 1. The minimum atomic E-state index is -0.280. The van der Waals surface area contributed by atoms with Crippen molar-refractivity contribution in [3.63, 3.8) is 0 Å². The summed E-state index contributed by atoms with van der Waals surface area (Å²) in [6.45, 7) is 3.55. The second-order valence-corrected chi connectivity index (χ2v) is 10.3.